The van der Waals surface area contributed by atoms with Crippen LogP contribution in [0.2, 0.25) is 0 Å². The Morgan fingerprint density at radius 1 is 0.621 bits per heavy atom. The molecule has 4 aromatic rings. The number of hydrogen-bond donors (Lipinski definition) is 1. The number of carbonyl (C=O) groups is 1. The summed E-state index contributed by atoms with van der Waals surface area (Å²) in [6.07, 6.45) is -0.494. The third kappa shape index (κ3) is 4.04. The summed E-state index contributed by atoms with van der Waals surface area (Å²) >= 11 is 0. The molecule has 0 aromatic heterocycles. The zero-order chi connectivity index (χ0) is 20.1. The van der Waals surface area contributed by atoms with Crippen molar-refractivity contribution >= 4 is 11.8 Å². The van der Waals surface area contributed by atoms with Gasteiger partial charge in [0, 0.05) is 11.1 Å². The van der Waals surface area contributed by atoms with Crippen LogP contribution < -0.4 is 5.32 Å². The van der Waals surface area contributed by atoms with Gasteiger partial charge in [0.25, 0.3) is 0 Å². The minimum Gasteiger partial charge on any atom is -0.453 e. The van der Waals surface area contributed by atoms with Crippen LogP contribution in [0.25, 0.3) is 33.4 Å². The van der Waals surface area contributed by atoms with E-state index < -0.39 is 6.09 Å². The van der Waals surface area contributed by atoms with Crippen LogP contribution in [0, 0.1) is 0 Å². The smallest absolute Gasteiger partial charge is 0.411 e. The second-order valence-corrected chi connectivity index (χ2v) is 6.66. The monoisotopic (exact) mass is 379 g/mol. The average molecular weight is 379 g/mol. The van der Waals surface area contributed by atoms with Crippen LogP contribution >= 0.6 is 0 Å². The second-order valence-electron chi connectivity index (χ2n) is 6.66. The predicted octanol–water partition coefficient (Wildman–Crippen LogP) is 6.87. The Bertz CT molecular complexity index is 1050. The van der Waals surface area contributed by atoms with Gasteiger partial charge in [0.15, 0.2) is 0 Å². The summed E-state index contributed by atoms with van der Waals surface area (Å²) in [5, 5.41) is 2.94. The van der Waals surface area contributed by atoms with E-state index >= 15 is 0 Å². The van der Waals surface area contributed by atoms with Crippen molar-refractivity contribution in [2.75, 3.05) is 12.4 Å². The van der Waals surface area contributed by atoms with E-state index in [0.717, 1.165) is 39.1 Å². The first-order valence-electron chi connectivity index (χ1n) is 9.45. The highest BCUT2D eigenvalue weighted by Crippen LogP contribution is 2.41. The fourth-order valence-corrected chi connectivity index (χ4v) is 3.42. The minimum absolute atomic E-state index is 0.494. The van der Waals surface area contributed by atoms with Gasteiger partial charge in [-0.1, -0.05) is 91.0 Å². The topological polar surface area (TPSA) is 38.3 Å². The molecule has 0 fully saturated rings. The van der Waals surface area contributed by atoms with E-state index in [1.54, 1.807) is 0 Å². The largest absolute Gasteiger partial charge is 0.453 e. The molecule has 0 saturated carbocycles. The van der Waals surface area contributed by atoms with Crippen molar-refractivity contribution in [1.29, 1.82) is 0 Å². The molecule has 0 atom stereocenters. The van der Waals surface area contributed by atoms with Crippen LogP contribution in [-0.4, -0.2) is 13.2 Å². The number of methoxy groups -OCH3 is 1. The van der Waals surface area contributed by atoms with Gasteiger partial charge in [-0.05, 0) is 34.4 Å². The molecule has 0 heterocycles. The molecule has 3 heteroatoms. The predicted molar refractivity (Wildman–Crippen MR) is 119 cm³/mol. The molecule has 0 bridgehead atoms. The van der Waals surface area contributed by atoms with Gasteiger partial charge in [0.1, 0.15) is 0 Å². The third-order valence-electron chi connectivity index (χ3n) is 4.83. The van der Waals surface area contributed by atoms with Gasteiger partial charge in [-0.15, -0.1) is 0 Å². The molecule has 0 aliphatic heterocycles. The molecule has 142 valence electrons. The van der Waals surface area contributed by atoms with E-state index in [2.05, 4.69) is 29.6 Å². The molecule has 1 N–H and O–H groups in total. The maximum absolute atomic E-state index is 12.2. The maximum Gasteiger partial charge on any atom is 0.411 e. The number of rotatable bonds is 4. The fraction of sp³-hybridized carbons (Fsp3) is 0.0385. The molecule has 1 amide bonds. The first-order chi connectivity index (χ1) is 14.3. The summed E-state index contributed by atoms with van der Waals surface area (Å²) in [6, 6.07) is 34.6. The summed E-state index contributed by atoms with van der Waals surface area (Å²) in [6.45, 7) is 0. The molecular weight excluding hydrogens is 358 g/mol. The Morgan fingerprint density at radius 2 is 1.03 bits per heavy atom. The Labute approximate surface area is 170 Å². The number of ether oxygens (including phenoxy) is 1. The number of carbonyl (C=O) groups excluding carboxylic acids is 1. The summed E-state index contributed by atoms with van der Waals surface area (Å²) in [4.78, 5) is 12.2. The molecule has 0 aliphatic carbocycles. The van der Waals surface area contributed by atoms with Crippen LogP contribution in [0.5, 0.6) is 0 Å². The Hall–Kier alpha value is -3.85. The molecule has 0 unspecified atom stereocenters. The Kier molecular flexibility index (Phi) is 5.39. The summed E-state index contributed by atoms with van der Waals surface area (Å²) in [5.74, 6) is 0. The van der Waals surface area contributed by atoms with Crippen molar-refractivity contribution in [3.05, 3.63) is 103 Å². The third-order valence-corrected chi connectivity index (χ3v) is 4.83. The molecule has 0 radical (unpaired) electrons. The molecular formula is C26H21NO2. The number of hydrogen-bond acceptors (Lipinski definition) is 2. The molecule has 0 aliphatic rings. The van der Waals surface area contributed by atoms with E-state index in [-0.39, 0.29) is 0 Å². The van der Waals surface area contributed by atoms with Gasteiger partial charge < -0.3 is 4.74 Å². The SMILES string of the molecule is COC(=O)Nc1c(-c2ccccc2)cc(-c2ccccc2)cc1-c1ccccc1. The summed E-state index contributed by atoms with van der Waals surface area (Å²) in [5.41, 5.74) is 6.86. The van der Waals surface area contributed by atoms with Crippen molar-refractivity contribution < 1.29 is 9.53 Å². The number of amides is 1. The Morgan fingerprint density at radius 3 is 1.45 bits per heavy atom. The van der Waals surface area contributed by atoms with Crippen LogP contribution in [0.4, 0.5) is 10.5 Å². The van der Waals surface area contributed by atoms with Crippen molar-refractivity contribution in [3.63, 3.8) is 0 Å². The first kappa shape index (κ1) is 18.5. The number of benzene rings is 4. The van der Waals surface area contributed by atoms with Gasteiger partial charge in [-0.25, -0.2) is 4.79 Å². The fourth-order valence-electron chi connectivity index (χ4n) is 3.42. The maximum atomic E-state index is 12.2. The van der Waals surface area contributed by atoms with E-state index in [4.69, 9.17) is 4.74 Å². The van der Waals surface area contributed by atoms with E-state index in [1.807, 2.05) is 78.9 Å². The molecule has 29 heavy (non-hydrogen) atoms. The summed E-state index contributed by atoms with van der Waals surface area (Å²) < 4.78 is 4.90. The summed E-state index contributed by atoms with van der Waals surface area (Å²) in [7, 11) is 1.37. The van der Waals surface area contributed by atoms with Gasteiger partial charge >= 0.3 is 6.09 Å². The van der Waals surface area contributed by atoms with E-state index in [0.29, 0.717) is 0 Å². The lowest BCUT2D eigenvalue weighted by atomic mass is 9.91. The zero-order valence-corrected chi connectivity index (χ0v) is 16.1. The molecule has 4 rings (SSSR count). The van der Waals surface area contributed by atoms with Crippen molar-refractivity contribution in [2.45, 2.75) is 0 Å². The standard InChI is InChI=1S/C26H21NO2/c1-29-26(28)27-25-23(20-13-7-3-8-14-20)17-22(19-11-5-2-6-12-19)18-24(25)21-15-9-4-10-16-21/h2-18H,1H3,(H,27,28). The van der Waals surface area contributed by atoms with Gasteiger partial charge in [0.05, 0.1) is 12.8 Å². The quantitative estimate of drug-likeness (QED) is 0.420. The van der Waals surface area contributed by atoms with Crippen LogP contribution in [0.1, 0.15) is 0 Å². The van der Waals surface area contributed by atoms with Gasteiger partial charge in [0.2, 0.25) is 0 Å². The van der Waals surface area contributed by atoms with Gasteiger partial charge in [-0.2, -0.15) is 0 Å². The molecule has 0 saturated heterocycles. The lowest BCUT2D eigenvalue weighted by Gasteiger charge is -2.18. The first-order valence-corrected chi connectivity index (χ1v) is 9.45. The van der Waals surface area contributed by atoms with E-state index in [1.165, 1.54) is 7.11 Å². The number of nitrogens with one attached hydrogen (secondary N) is 1. The average Bonchev–Trinajstić information content (AvgIpc) is 2.80. The molecule has 0 spiro atoms. The zero-order valence-electron chi connectivity index (χ0n) is 16.1. The molecule has 3 nitrogen and oxygen atoms in total. The Balaban J connectivity index is 2.02. The van der Waals surface area contributed by atoms with Crippen molar-refractivity contribution in [2.24, 2.45) is 0 Å². The minimum atomic E-state index is -0.494. The number of anilines is 1. The van der Waals surface area contributed by atoms with Gasteiger partial charge in [-0.3, -0.25) is 5.32 Å². The van der Waals surface area contributed by atoms with Crippen LogP contribution in [0.3, 0.4) is 0 Å². The normalized spacial score (nSPS) is 10.4. The van der Waals surface area contributed by atoms with Crippen LogP contribution in [-0.2, 0) is 4.74 Å². The highest BCUT2D eigenvalue weighted by atomic mass is 16.5. The van der Waals surface area contributed by atoms with Crippen molar-refractivity contribution in [1.82, 2.24) is 0 Å². The highest BCUT2D eigenvalue weighted by molar-refractivity contribution is 6.01. The van der Waals surface area contributed by atoms with Crippen molar-refractivity contribution in [3.8, 4) is 33.4 Å². The lowest BCUT2D eigenvalue weighted by Crippen LogP contribution is -2.13. The lowest BCUT2D eigenvalue weighted by molar-refractivity contribution is 0.187. The second kappa shape index (κ2) is 8.44. The van der Waals surface area contributed by atoms with E-state index in [9.17, 15) is 4.79 Å². The molecule has 4 aromatic carbocycles. The van der Waals surface area contributed by atoms with Crippen LogP contribution in [0.15, 0.2) is 103 Å². The highest BCUT2D eigenvalue weighted by Gasteiger charge is 2.17.